The van der Waals surface area contributed by atoms with E-state index in [0.717, 1.165) is 0 Å². The van der Waals surface area contributed by atoms with Crippen LogP contribution in [0.15, 0.2) is 0 Å². The molecule has 1 amide bonds. The van der Waals surface area contributed by atoms with E-state index in [0.29, 0.717) is 31.2 Å². The van der Waals surface area contributed by atoms with Gasteiger partial charge in [-0.15, -0.1) is 0 Å². The molecule has 0 N–H and O–H groups in total. The van der Waals surface area contributed by atoms with Crippen LogP contribution in [0.2, 0.25) is 0 Å². The van der Waals surface area contributed by atoms with Crippen molar-refractivity contribution in [3.63, 3.8) is 0 Å². The van der Waals surface area contributed by atoms with Crippen LogP contribution in [0, 0.1) is 0 Å². The topological polar surface area (TPSA) is 59.1 Å². The number of ether oxygens (including phenoxy) is 2. The monoisotopic (exact) mass is 330 g/mol. The number of piperazine rings is 1. The Balaban J connectivity index is 2.43. The summed E-state index contributed by atoms with van der Waals surface area (Å²) in [5.74, 6) is -0.0259. The maximum Gasteiger partial charge on any atom is 0.410 e. The smallest absolute Gasteiger partial charge is 0.410 e. The van der Waals surface area contributed by atoms with E-state index in [1.807, 2.05) is 25.7 Å². The molecule has 1 fully saturated rings. The van der Waals surface area contributed by atoms with Gasteiger partial charge in [-0.2, -0.15) is 0 Å². The van der Waals surface area contributed by atoms with Gasteiger partial charge in [-0.05, 0) is 27.7 Å². The predicted molar refractivity (Wildman–Crippen MR) is 88.1 cm³/mol. The van der Waals surface area contributed by atoms with Crippen LogP contribution in [-0.4, -0.2) is 71.7 Å². The third-order valence-corrected chi connectivity index (χ3v) is 3.82. The van der Waals surface area contributed by atoms with Crippen molar-refractivity contribution in [3.05, 3.63) is 0 Å². The zero-order valence-corrected chi connectivity index (χ0v) is 14.9. The fraction of sp³-hybridized carbons (Fsp3) is 0.800. The van der Waals surface area contributed by atoms with Gasteiger partial charge in [0.15, 0.2) is 5.78 Å². The molecule has 1 aliphatic rings. The van der Waals surface area contributed by atoms with Crippen LogP contribution in [0.5, 0.6) is 0 Å². The molecule has 0 radical (unpaired) electrons. The molecule has 1 saturated heterocycles. The minimum Gasteiger partial charge on any atom is -0.444 e. The second-order valence-electron chi connectivity index (χ2n) is 6.37. The van der Waals surface area contributed by atoms with Gasteiger partial charge < -0.3 is 19.3 Å². The number of carbonyl (C=O) groups excluding carboxylic acids is 2. The molecule has 0 aromatic carbocycles. The summed E-state index contributed by atoms with van der Waals surface area (Å²) in [6.07, 6.45) is -0.542. The van der Waals surface area contributed by atoms with Crippen LogP contribution in [-0.2, 0) is 14.3 Å². The van der Waals surface area contributed by atoms with Crippen molar-refractivity contribution in [2.75, 3.05) is 33.3 Å². The Kier molecular flexibility index (Phi) is 6.74. The summed E-state index contributed by atoms with van der Waals surface area (Å²) < 4.78 is 10.3. The normalized spacial score (nSPS) is 17.1. The first-order valence-corrected chi connectivity index (χ1v) is 7.86. The quantitative estimate of drug-likeness (QED) is 0.733. The van der Waals surface area contributed by atoms with Gasteiger partial charge in [0.1, 0.15) is 11.7 Å². The average molecular weight is 330 g/mol. The van der Waals surface area contributed by atoms with E-state index in [2.05, 4.69) is 0 Å². The molecule has 22 heavy (non-hydrogen) atoms. The first kappa shape index (κ1) is 18.8. The van der Waals surface area contributed by atoms with Crippen LogP contribution in [0.1, 0.15) is 34.1 Å². The van der Waals surface area contributed by atoms with Crippen molar-refractivity contribution in [1.82, 2.24) is 9.80 Å². The van der Waals surface area contributed by atoms with E-state index in [1.54, 1.807) is 11.8 Å². The molecule has 0 saturated carbocycles. The van der Waals surface area contributed by atoms with Crippen LogP contribution >= 0.6 is 12.2 Å². The van der Waals surface area contributed by atoms with Crippen molar-refractivity contribution in [2.24, 2.45) is 0 Å². The zero-order valence-electron chi connectivity index (χ0n) is 14.0. The number of rotatable bonds is 4. The molecule has 7 heteroatoms. The third-order valence-electron chi connectivity index (χ3n) is 3.42. The van der Waals surface area contributed by atoms with E-state index < -0.39 is 11.7 Å². The molecule has 126 valence electrons. The molecular formula is C15H26N2O4S. The van der Waals surface area contributed by atoms with Gasteiger partial charge in [0.2, 0.25) is 0 Å². The molecule has 0 aliphatic carbocycles. The van der Waals surface area contributed by atoms with Crippen molar-refractivity contribution in [1.29, 1.82) is 0 Å². The number of nitrogens with zero attached hydrogens (tertiary/aromatic N) is 2. The fourth-order valence-electron chi connectivity index (χ4n) is 2.00. The Morgan fingerprint density at radius 2 is 1.64 bits per heavy atom. The summed E-state index contributed by atoms with van der Waals surface area (Å²) in [6.45, 7) is 9.58. The van der Waals surface area contributed by atoms with Crippen molar-refractivity contribution < 1.29 is 19.1 Å². The molecule has 1 unspecified atom stereocenters. The molecule has 6 nitrogen and oxygen atoms in total. The minimum absolute atomic E-state index is 0.0259. The lowest BCUT2D eigenvalue weighted by Crippen LogP contribution is -2.51. The molecule has 0 bridgehead atoms. The Morgan fingerprint density at radius 1 is 1.14 bits per heavy atom. The largest absolute Gasteiger partial charge is 0.444 e. The molecule has 0 aromatic heterocycles. The molecule has 1 heterocycles. The third kappa shape index (κ3) is 5.88. The number of methoxy groups -OCH3 is 1. The number of hydrogen-bond donors (Lipinski definition) is 0. The Morgan fingerprint density at radius 3 is 2.09 bits per heavy atom. The standard InChI is InChI=1S/C15H26N2O4S/c1-11(20-5)12(18)10-13(22)16-6-8-17(9-7-16)14(19)21-15(2,3)4/h11H,6-10H2,1-5H3. The van der Waals surface area contributed by atoms with Crippen molar-refractivity contribution in [2.45, 2.75) is 45.8 Å². The summed E-state index contributed by atoms with van der Waals surface area (Å²) in [6, 6.07) is 0. The summed E-state index contributed by atoms with van der Waals surface area (Å²) in [5.41, 5.74) is -0.494. The Bertz CT molecular complexity index is 426. The van der Waals surface area contributed by atoms with Crippen molar-refractivity contribution >= 4 is 29.1 Å². The number of thiocarbonyl (C=S) groups is 1. The zero-order chi connectivity index (χ0) is 16.9. The van der Waals surface area contributed by atoms with Crippen LogP contribution < -0.4 is 0 Å². The van der Waals surface area contributed by atoms with Gasteiger partial charge in [-0.3, -0.25) is 4.79 Å². The molecule has 1 aliphatic heterocycles. The van der Waals surface area contributed by atoms with Gasteiger partial charge in [-0.25, -0.2) is 4.79 Å². The van der Waals surface area contributed by atoms with Crippen molar-refractivity contribution in [3.8, 4) is 0 Å². The van der Waals surface area contributed by atoms with Gasteiger partial charge >= 0.3 is 6.09 Å². The van der Waals surface area contributed by atoms with E-state index in [-0.39, 0.29) is 18.3 Å². The first-order chi connectivity index (χ1) is 10.1. The molecule has 0 spiro atoms. The second-order valence-corrected chi connectivity index (χ2v) is 6.84. The van der Waals surface area contributed by atoms with Gasteiger partial charge in [0.05, 0.1) is 11.4 Å². The number of Topliss-reactive ketones (excluding diaryl/α,β-unsaturated/α-hetero) is 1. The summed E-state index contributed by atoms with van der Waals surface area (Å²) >= 11 is 5.32. The first-order valence-electron chi connectivity index (χ1n) is 7.45. The number of ketones is 1. The van der Waals surface area contributed by atoms with E-state index in [1.165, 1.54) is 7.11 Å². The van der Waals surface area contributed by atoms with E-state index >= 15 is 0 Å². The summed E-state index contributed by atoms with van der Waals surface area (Å²) in [5, 5.41) is 0. The van der Waals surface area contributed by atoms with Crippen LogP contribution in [0.4, 0.5) is 4.79 Å². The van der Waals surface area contributed by atoms with E-state index in [9.17, 15) is 9.59 Å². The second kappa shape index (κ2) is 7.87. The summed E-state index contributed by atoms with van der Waals surface area (Å²) in [7, 11) is 1.51. The summed E-state index contributed by atoms with van der Waals surface area (Å²) in [4.78, 5) is 28.1. The fourth-order valence-corrected chi connectivity index (χ4v) is 2.33. The highest BCUT2D eigenvalue weighted by molar-refractivity contribution is 7.80. The maximum atomic E-state index is 12.0. The van der Waals surface area contributed by atoms with E-state index in [4.69, 9.17) is 21.7 Å². The lowest BCUT2D eigenvalue weighted by atomic mass is 10.1. The maximum absolute atomic E-state index is 12.0. The molecule has 0 aromatic rings. The lowest BCUT2D eigenvalue weighted by Gasteiger charge is -2.36. The molecule has 1 atom stereocenters. The highest BCUT2D eigenvalue weighted by Crippen LogP contribution is 2.13. The molecular weight excluding hydrogens is 304 g/mol. The highest BCUT2D eigenvalue weighted by Gasteiger charge is 2.27. The predicted octanol–water partition coefficient (Wildman–Crippen LogP) is 1.86. The van der Waals surface area contributed by atoms with Crippen LogP contribution in [0.25, 0.3) is 0 Å². The Hall–Kier alpha value is -1.21. The van der Waals surface area contributed by atoms with Gasteiger partial charge in [0.25, 0.3) is 0 Å². The lowest BCUT2D eigenvalue weighted by molar-refractivity contribution is -0.126. The van der Waals surface area contributed by atoms with Gasteiger partial charge in [0, 0.05) is 33.3 Å². The number of hydrogen-bond acceptors (Lipinski definition) is 5. The highest BCUT2D eigenvalue weighted by atomic mass is 32.1. The SMILES string of the molecule is COC(C)C(=O)CC(=S)N1CCN(C(=O)OC(C)(C)C)CC1. The number of carbonyl (C=O) groups is 2. The minimum atomic E-state index is -0.494. The van der Waals surface area contributed by atoms with Crippen LogP contribution in [0.3, 0.4) is 0 Å². The Labute approximate surface area is 137 Å². The average Bonchev–Trinajstić information content (AvgIpc) is 2.44. The number of amides is 1. The molecule has 1 rings (SSSR count). The van der Waals surface area contributed by atoms with Gasteiger partial charge in [-0.1, -0.05) is 12.2 Å².